The van der Waals surface area contributed by atoms with E-state index in [1.807, 2.05) is 0 Å². The van der Waals surface area contributed by atoms with E-state index in [9.17, 15) is 22.0 Å². The molecule has 1 saturated heterocycles. The van der Waals surface area contributed by atoms with E-state index in [2.05, 4.69) is 5.32 Å². The second kappa shape index (κ2) is 5.73. The van der Waals surface area contributed by atoms with Crippen LogP contribution in [0.5, 0.6) is 5.75 Å². The van der Waals surface area contributed by atoms with E-state index in [4.69, 9.17) is 4.74 Å². The fourth-order valence-electron chi connectivity index (χ4n) is 1.98. The summed E-state index contributed by atoms with van der Waals surface area (Å²) >= 11 is 0. The Balaban J connectivity index is 2.15. The minimum atomic E-state index is -2.18. The molecule has 0 aliphatic carbocycles. The highest BCUT2D eigenvalue weighted by Gasteiger charge is 2.27. The maximum Gasteiger partial charge on any atom is 0.206 e. The van der Waals surface area contributed by atoms with Crippen molar-refractivity contribution in [2.45, 2.75) is 12.8 Å². The van der Waals surface area contributed by atoms with Gasteiger partial charge >= 0.3 is 0 Å². The van der Waals surface area contributed by atoms with Crippen LogP contribution in [0.1, 0.15) is 12.8 Å². The van der Waals surface area contributed by atoms with Gasteiger partial charge in [0.05, 0.1) is 6.61 Å². The van der Waals surface area contributed by atoms with Gasteiger partial charge in [0, 0.05) is 12.5 Å². The van der Waals surface area contributed by atoms with Crippen LogP contribution in [0.25, 0.3) is 0 Å². The molecule has 1 aromatic carbocycles. The fraction of sp³-hybridized carbons (Fsp3) is 0.500. The van der Waals surface area contributed by atoms with E-state index in [0.29, 0.717) is 6.54 Å². The van der Waals surface area contributed by atoms with Crippen LogP contribution in [-0.2, 0) is 0 Å². The highest BCUT2D eigenvalue weighted by molar-refractivity contribution is 5.29. The Morgan fingerprint density at radius 3 is 2.05 bits per heavy atom. The molecule has 19 heavy (non-hydrogen) atoms. The van der Waals surface area contributed by atoms with Crippen LogP contribution in [0.3, 0.4) is 0 Å². The molecule has 0 bridgehead atoms. The molecular weight excluding hydrogens is 269 g/mol. The lowest BCUT2D eigenvalue weighted by atomic mass is 10.0. The number of nitrogens with one attached hydrogen (secondary N) is 1. The summed E-state index contributed by atoms with van der Waals surface area (Å²) < 4.78 is 70.0. The average Bonchev–Trinajstić information content (AvgIpc) is 2.44. The molecule has 1 fully saturated rings. The van der Waals surface area contributed by atoms with Crippen molar-refractivity contribution < 1.29 is 26.7 Å². The second-order valence-electron chi connectivity index (χ2n) is 4.42. The molecule has 7 heteroatoms. The Labute approximate surface area is 106 Å². The lowest BCUT2D eigenvalue weighted by molar-refractivity contribution is 0.196. The molecule has 0 aromatic heterocycles. The minimum absolute atomic E-state index is 0.0104. The highest BCUT2D eigenvalue weighted by Crippen LogP contribution is 2.29. The third-order valence-corrected chi connectivity index (χ3v) is 3.03. The first-order chi connectivity index (χ1) is 9.02. The number of halogens is 5. The van der Waals surface area contributed by atoms with Gasteiger partial charge in [-0.15, -0.1) is 0 Å². The Kier molecular flexibility index (Phi) is 4.24. The van der Waals surface area contributed by atoms with Crippen molar-refractivity contribution in [2.75, 3.05) is 19.7 Å². The van der Waals surface area contributed by atoms with Crippen molar-refractivity contribution in [3.05, 3.63) is 29.1 Å². The smallest absolute Gasteiger partial charge is 0.206 e. The Morgan fingerprint density at radius 1 is 0.947 bits per heavy atom. The predicted octanol–water partition coefficient (Wildman–Crippen LogP) is 2.76. The summed E-state index contributed by atoms with van der Waals surface area (Å²) in [5, 5.41) is 3.06. The van der Waals surface area contributed by atoms with Crippen LogP contribution < -0.4 is 10.1 Å². The standard InChI is InChI=1S/C12H12F5NO/c13-7-8(14)10(16)12(11(17)9(7)15)19-5-6-2-1-3-18-4-6/h6,18H,1-5H2. The maximum absolute atomic E-state index is 13.3. The molecule has 2 nitrogen and oxygen atoms in total. The largest absolute Gasteiger partial charge is 0.487 e. The monoisotopic (exact) mass is 281 g/mol. The van der Waals surface area contributed by atoms with Crippen LogP contribution in [0.2, 0.25) is 0 Å². The van der Waals surface area contributed by atoms with Gasteiger partial charge in [-0.25, -0.2) is 13.2 Å². The fourth-order valence-corrected chi connectivity index (χ4v) is 1.98. The summed E-state index contributed by atoms with van der Waals surface area (Å²) in [6.07, 6.45) is 1.66. The molecule has 1 atom stereocenters. The van der Waals surface area contributed by atoms with Gasteiger partial charge in [0.2, 0.25) is 29.1 Å². The van der Waals surface area contributed by atoms with Crippen molar-refractivity contribution >= 4 is 0 Å². The van der Waals surface area contributed by atoms with Crippen molar-refractivity contribution in [1.82, 2.24) is 5.32 Å². The quantitative estimate of drug-likeness (QED) is 0.522. The number of benzene rings is 1. The molecule has 0 spiro atoms. The van der Waals surface area contributed by atoms with Gasteiger partial charge in [0.1, 0.15) is 0 Å². The van der Waals surface area contributed by atoms with Crippen molar-refractivity contribution in [3.63, 3.8) is 0 Å². The second-order valence-corrected chi connectivity index (χ2v) is 4.42. The SMILES string of the molecule is Fc1c(F)c(F)c(OCC2CCCNC2)c(F)c1F. The van der Waals surface area contributed by atoms with Crippen molar-refractivity contribution in [2.24, 2.45) is 5.92 Å². The first-order valence-electron chi connectivity index (χ1n) is 5.87. The third kappa shape index (κ3) is 2.80. The van der Waals surface area contributed by atoms with Gasteiger partial charge in [0.15, 0.2) is 5.75 Å². The van der Waals surface area contributed by atoms with E-state index in [-0.39, 0.29) is 12.5 Å². The number of ether oxygens (including phenoxy) is 1. The molecule has 1 aromatic rings. The molecule has 1 aliphatic rings. The lowest BCUT2D eigenvalue weighted by Crippen LogP contribution is -2.33. The highest BCUT2D eigenvalue weighted by atomic mass is 19.2. The van der Waals surface area contributed by atoms with Crippen LogP contribution in [0.15, 0.2) is 0 Å². The predicted molar refractivity (Wildman–Crippen MR) is 57.3 cm³/mol. The summed E-state index contributed by atoms with van der Waals surface area (Å²) in [6, 6.07) is 0. The Morgan fingerprint density at radius 2 is 1.53 bits per heavy atom. The van der Waals surface area contributed by atoms with Crippen LogP contribution >= 0.6 is 0 Å². The van der Waals surface area contributed by atoms with Crippen LogP contribution in [0.4, 0.5) is 22.0 Å². The number of hydrogen-bond acceptors (Lipinski definition) is 2. The molecule has 1 aliphatic heterocycles. The van der Waals surface area contributed by atoms with Gasteiger partial charge < -0.3 is 10.1 Å². The molecule has 106 valence electrons. The first kappa shape index (κ1) is 14.0. The molecule has 1 unspecified atom stereocenters. The van der Waals surface area contributed by atoms with Crippen molar-refractivity contribution in [1.29, 1.82) is 0 Å². The zero-order chi connectivity index (χ0) is 14.0. The zero-order valence-corrected chi connectivity index (χ0v) is 9.91. The average molecular weight is 281 g/mol. The van der Waals surface area contributed by atoms with Crippen LogP contribution in [-0.4, -0.2) is 19.7 Å². The molecule has 2 rings (SSSR count). The number of rotatable bonds is 3. The Bertz CT molecular complexity index is 445. The van der Waals surface area contributed by atoms with Crippen molar-refractivity contribution in [3.8, 4) is 5.75 Å². The molecule has 0 saturated carbocycles. The summed E-state index contributed by atoms with van der Waals surface area (Å²) in [6.45, 7) is 1.35. The minimum Gasteiger partial charge on any atom is -0.487 e. The lowest BCUT2D eigenvalue weighted by Gasteiger charge is -2.23. The van der Waals surface area contributed by atoms with Gasteiger partial charge in [-0.05, 0) is 19.4 Å². The summed E-state index contributed by atoms with van der Waals surface area (Å²) in [7, 11) is 0. The maximum atomic E-state index is 13.3. The van der Waals surface area contributed by atoms with Gasteiger partial charge in [-0.3, -0.25) is 0 Å². The summed E-state index contributed by atoms with van der Waals surface area (Å²) in [5.41, 5.74) is 0. The van der Waals surface area contributed by atoms with Crippen LogP contribution in [0, 0.1) is 35.0 Å². The summed E-state index contributed by atoms with van der Waals surface area (Å²) in [5.74, 6) is -11.2. The molecular formula is C12H12F5NO. The topological polar surface area (TPSA) is 21.3 Å². The Hall–Kier alpha value is -1.37. The van der Waals surface area contributed by atoms with Gasteiger partial charge in [-0.2, -0.15) is 8.78 Å². The van der Waals surface area contributed by atoms with E-state index in [0.717, 1.165) is 19.4 Å². The first-order valence-corrected chi connectivity index (χ1v) is 5.87. The van der Waals surface area contributed by atoms with E-state index < -0.39 is 34.8 Å². The van der Waals surface area contributed by atoms with E-state index in [1.54, 1.807) is 0 Å². The normalized spacial score (nSPS) is 19.5. The van der Waals surface area contributed by atoms with E-state index in [1.165, 1.54) is 0 Å². The molecule has 1 N–H and O–H groups in total. The molecule has 0 radical (unpaired) electrons. The zero-order valence-electron chi connectivity index (χ0n) is 9.91. The third-order valence-electron chi connectivity index (χ3n) is 3.03. The van der Waals surface area contributed by atoms with Gasteiger partial charge in [0.25, 0.3) is 0 Å². The molecule has 1 heterocycles. The van der Waals surface area contributed by atoms with E-state index >= 15 is 0 Å². The summed E-state index contributed by atoms with van der Waals surface area (Å²) in [4.78, 5) is 0. The molecule has 0 amide bonds. The number of piperidine rings is 1. The number of hydrogen-bond donors (Lipinski definition) is 1. The van der Waals surface area contributed by atoms with Gasteiger partial charge in [-0.1, -0.05) is 0 Å².